The number of aromatic nitrogens is 1. The highest BCUT2D eigenvalue weighted by Gasteiger charge is 2.13. The Balaban J connectivity index is 1.47. The van der Waals surface area contributed by atoms with E-state index in [1.807, 2.05) is 36.7 Å². The van der Waals surface area contributed by atoms with Gasteiger partial charge in [0.2, 0.25) is 0 Å². The fourth-order valence-corrected chi connectivity index (χ4v) is 3.27. The average Bonchev–Trinajstić information content (AvgIpc) is 3.27. The summed E-state index contributed by atoms with van der Waals surface area (Å²) in [5, 5.41) is 8.79. The Morgan fingerprint density at radius 1 is 1.20 bits per heavy atom. The second-order valence-electron chi connectivity index (χ2n) is 5.92. The van der Waals surface area contributed by atoms with Crippen LogP contribution < -0.4 is 5.32 Å². The second kappa shape index (κ2) is 8.60. The number of rotatable bonds is 8. The lowest BCUT2D eigenvalue weighted by molar-refractivity contribution is 0.0945. The van der Waals surface area contributed by atoms with Crippen molar-refractivity contribution in [3.05, 3.63) is 75.8 Å². The molecule has 0 spiro atoms. The molecule has 5 nitrogen and oxygen atoms in total. The molecule has 1 amide bonds. The van der Waals surface area contributed by atoms with Crippen LogP contribution in [0, 0.1) is 0 Å². The van der Waals surface area contributed by atoms with Crippen molar-refractivity contribution in [1.82, 2.24) is 15.4 Å². The number of carbonyl (C=O) groups is 1. The second-order valence-corrected chi connectivity index (χ2v) is 6.95. The summed E-state index contributed by atoms with van der Waals surface area (Å²) in [7, 11) is 2.01. The molecule has 0 atom stereocenters. The van der Waals surface area contributed by atoms with Crippen LogP contribution in [0.4, 0.5) is 0 Å². The minimum Gasteiger partial charge on any atom is -0.359 e. The van der Waals surface area contributed by atoms with Crippen LogP contribution in [0.25, 0.3) is 0 Å². The van der Waals surface area contributed by atoms with Crippen LogP contribution in [0.3, 0.4) is 0 Å². The van der Waals surface area contributed by atoms with Gasteiger partial charge in [-0.05, 0) is 30.5 Å². The first-order chi connectivity index (χ1) is 12.2. The maximum Gasteiger partial charge on any atom is 0.273 e. The number of carbonyl (C=O) groups excluding carboxylic acids is 1. The lowest BCUT2D eigenvalue weighted by Gasteiger charge is -2.14. The third-order valence-electron chi connectivity index (χ3n) is 3.75. The Kier molecular flexibility index (Phi) is 5.98. The zero-order valence-corrected chi connectivity index (χ0v) is 15.0. The van der Waals surface area contributed by atoms with E-state index in [4.69, 9.17) is 4.52 Å². The van der Waals surface area contributed by atoms with Crippen LogP contribution in [0.2, 0.25) is 0 Å². The maximum absolute atomic E-state index is 12.1. The molecule has 2 heterocycles. The van der Waals surface area contributed by atoms with Gasteiger partial charge in [0.1, 0.15) is 0 Å². The van der Waals surface area contributed by atoms with Crippen LogP contribution in [-0.2, 0) is 19.5 Å². The monoisotopic (exact) mass is 355 g/mol. The molecule has 25 heavy (non-hydrogen) atoms. The minimum atomic E-state index is -0.197. The Labute approximate surface area is 151 Å². The van der Waals surface area contributed by atoms with E-state index >= 15 is 0 Å². The molecule has 130 valence electrons. The van der Waals surface area contributed by atoms with Crippen LogP contribution in [0.5, 0.6) is 0 Å². The summed E-state index contributed by atoms with van der Waals surface area (Å²) >= 11 is 1.69. The van der Waals surface area contributed by atoms with Crippen molar-refractivity contribution in [1.29, 1.82) is 0 Å². The summed E-state index contributed by atoms with van der Waals surface area (Å²) in [6.45, 7) is 2.00. The van der Waals surface area contributed by atoms with Gasteiger partial charge < -0.3 is 9.84 Å². The zero-order chi connectivity index (χ0) is 17.5. The van der Waals surface area contributed by atoms with E-state index in [0.717, 1.165) is 13.0 Å². The predicted molar refractivity (Wildman–Crippen MR) is 98.5 cm³/mol. The topological polar surface area (TPSA) is 58.4 Å². The van der Waals surface area contributed by atoms with Gasteiger partial charge in [-0.1, -0.05) is 41.6 Å². The minimum absolute atomic E-state index is 0.197. The molecule has 0 unspecified atom stereocenters. The van der Waals surface area contributed by atoms with Crippen molar-refractivity contribution in [3.8, 4) is 0 Å². The molecule has 0 aliphatic rings. The van der Waals surface area contributed by atoms with E-state index in [1.54, 1.807) is 17.4 Å². The van der Waals surface area contributed by atoms with Crippen LogP contribution in [-0.4, -0.2) is 29.6 Å². The van der Waals surface area contributed by atoms with Crippen molar-refractivity contribution in [3.63, 3.8) is 0 Å². The smallest absolute Gasteiger partial charge is 0.273 e. The fourth-order valence-electron chi connectivity index (χ4n) is 2.56. The van der Waals surface area contributed by atoms with Crippen molar-refractivity contribution >= 4 is 17.2 Å². The normalized spacial score (nSPS) is 11.0. The molecule has 1 N–H and O–H groups in total. The molecule has 2 aromatic heterocycles. The number of nitrogens with one attached hydrogen (secondary N) is 1. The van der Waals surface area contributed by atoms with Gasteiger partial charge in [0.05, 0.1) is 6.54 Å². The number of benzene rings is 1. The van der Waals surface area contributed by atoms with E-state index in [1.165, 1.54) is 10.4 Å². The molecule has 3 aromatic rings. The molecule has 0 radical (unpaired) electrons. The van der Waals surface area contributed by atoms with Crippen molar-refractivity contribution in [2.24, 2.45) is 0 Å². The summed E-state index contributed by atoms with van der Waals surface area (Å²) < 4.78 is 5.30. The average molecular weight is 355 g/mol. The van der Waals surface area contributed by atoms with Crippen molar-refractivity contribution in [2.45, 2.75) is 19.5 Å². The van der Waals surface area contributed by atoms with E-state index in [2.05, 4.69) is 33.6 Å². The van der Waals surface area contributed by atoms with E-state index in [9.17, 15) is 4.79 Å². The summed E-state index contributed by atoms with van der Waals surface area (Å²) in [5.41, 5.74) is 1.56. The quantitative estimate of drug-likeness (QED) is 0.673. The maximum atomic E-state index is 12.1. The largest absolute Gasteiger partial charge is 0.359 e. The van der Waals surface area contributed by atoms with Gasteiger partial charge in [0, 0.05) is 24.0 Å². The van der Waals surface area contributed by atoms with Crippen molar-refractivity contribution in [2.75, 3.05) is 13.6 Å². The number of thiophene rings is 1. The van der Waals surface area contributed by atoms with E-state index in [-0.39, 0.29) is 5.91 Å². The molecule has 0 aliphatic carbocycles. The highest BCUT2D eigenvalue weighted by atomic mass is 32.1. The molecular weight excluding hydrogens is 334 g/mol. The lowest BCUT2D eigenvalue weighted by Crippen LogP contribution is -2.25. The van der Waals surface area contributed by atoms with Gasteiger partial charge in [-0.25, -0.2) is 0 Å². The first kappa shape index (κ1) is 17.4. The molecule has 0 bridgehead atoms. The zero-order valence-electron chi connectivity index (χ0n) is 14.1. The third kappa shape index (κ3) is 5.27. The van der Waals surface area contributed by atoms with Crippen LogP contribution >= 0.6 is 11.3 Å². The van der Waals surface area contributed by atoms with E-state index < -0.39 is 0 Å². The summed E-state index contributed by atoms with van der Waals surface area (Å²) in [4.78, 5) is 15.5. The molecule has 0 fully saturated rings. The molecule has 0 aliphatic heterocycles. The van der Waals surface area contributed by atoms with Gasteiger partial charge in [-0.2, -0.15) is 0 Å². The van der Waals surface area contributed by atoms with Crippen LogP contribution in [0.1, 0.15) is 26.7 Å². The summed E-state index contributed by atoms with van der Waals surface area (Å²) in [5.74, 6) is 0.485. The van der Waals surface area contributed by atoms with Gasteiger partial charge in [0.25, 0.3) is 5.91 Å². The predicted octanol–water partition coefficient (Wildman–Crippen LogP) is 3.34. The summed E-state index contributed by atoms with van der Waals surface area (Å²) in [6, 6.07) is 16.0. The molecule has 3 rings (SSSR count). The van der Waals surface area contributed by atoms with Gasteiger partial charge in [-0.15, -0.1) is 11.3 Å². The van der Waals surface area contributed by atoms with Gasteiger partial charge in [-0.3, -0.25) is 9.69 Å². The highest BCUT2D eigenvalue weighted by molar-refractivity contribution is 7.09. The van der Waals surface area contributed by atoms with Crippen molar-refractivity contribution < 1.29 is 9.32 Å². The number of hydrogen-bond donors (Lipinski definition) is 1. The standard InChI is InChI=1S/C19H21N3O2S/c1-22(13-15-6-3-2-4-7-15)14-16-12-18(21-24-16)19(23)20-10-9-17-8-5-11-25-17/h2-8,11-12H,9-10,13-14H2,1H3,(H,20,23). The Hall–Kier alpha value is -2.44. The number of nitrogens with zero attached hydrogens (tertiary/aromatic N) is 2. The molecular formula is C19H21N3O2S. The third-order valence-corrected chi connectivity index (χ3v) is 4.69. The molecule has 0 saturated carbocycles. The van der Waals surface area contributed by atoms with Crippen LogP contribution in [0.15, 0.2) is 58.4 Å². The SMILES string of the molecule is CN(Cc1ccccc1)Cc1cc(C(=O)NCCc2cccs2)no1. The van der Waals surface area contributed by atoms with E-state index in [0.29, 0.717) is 24.5 Å². The Bertz CT molecular complexity index is 784. The summed E-state index contributed by atoms with van der Waals surface area (Å²) in [6.07, 6.45) is 0.827. The van der Waals surface area contributed by atoms with Gasteiger partial charge in [0.15, 0.2) is 11.5 Å². The molecule has 6 heteroatoms. The first-order valence-electron chi connectivity index (χ1n) is 8.19. The first-order valence-corrected chi connectivity index (χ1v) is 9.07. The number of amides is 1. The lowest BCUT2D eigenvalue weighted by atomic mass is 10.2. The fraction of sp³-hybridized carbons (Fsp3) is 0.263. The van der Waals surface area contributed by atoms with Gasteiger partial charge >= 0.3 is 0 Å². The molecule has 0 saturated heterocycles. The Morgan fingerprint density at radius 3 is 2.80 bits per heavy atom. The molecule has 1 aromatic carbocycles. The highest BCUT2D eigenvalue weighted by Crippen LogP contribution is 2.11. The Morgan fingerprint density at radius 2 is 2.04 bits per heavy atom. The number of hydrogen-bond acceptors (Lipinski definition) is 5.